The summed E-state index contributed by atoms with van der Waals surface area (Å²) >= 11 is 0. The molecule has 18 heavy (non-hydrogen) atoms. The molecule has 1 heterocycles. The van der Waals surface area contributed by atoms with Gasteiger partial charge in [-0.1, -0.05) is 0 Å². The lowest BCUT2D eigenvalue weighted by atomic mass is 10.2. The van der Waals surface area contributed by atoms with Crippen LogP contribution in [0.25, 0.3) is 11.0 Å². The van der Waals surface area contributed by atoms with Crippen LogP contribution in [0, 0.1) is 0 Å². The normalized spacial score (nSPS) is 10.3. The maximum atomic E-state index is 10.6. The quantitative estimate of drug-likeness (QED) is 0.602. The molecule has 0 radical (unpaired) electrons. The van der Waals surface area contributed by atoms with Crippen LogP contribution in [0.3, 0.4) is 0 Å². The van der Waals surface area contributed by atoms with E-state index in [9.17, 15) is 4.79 Å². The van der Waals surface area contributed by atoms with E-state index >= 15 is 0 Å². The molecule has 5 nitrogen and oxygen atoms in total. The molecule has 0 spiro atoms. The van der Waals surface area contributed by atoms with Gasteiger partial charge in [0, 0.05) is 6.92 Å². The number of hydrogen-bond acceptors (Lipinski definition) is 5. The van der Waals surface area contributed by atoms with E-state index in [1.165, 1.54) is 6.92 Å². The zero-order chi connectivity index (χ0) is 13.0. The monoisotopic (exact) mass is 250 g/mol. The number of benzene rings is 1. The fraction of sp³-hybridized carbons (Fsp3) is 0.308. The van der Waals surface area contributed by atoms with Gasteiger partial charge in [-0.05, 0) is 18.2 Å². The van der Waals surface area contributed by atoms with E-state index in [2.05, 4.69) is 0 Å². The number of methoxy groups -OCH3 is 1. The first-order valence-electron chi connectivity index (χ1n) is 5.52. The van der Waals surface area contributed by atoms with E-state index in [1.54, 1.807) is 25.5 Å². The zero-order valence-corrected chi connectivity index (χ0v) is 10.3. The van der Waals surface area contributed by atoms with Crippen LogP contribution in [-0.4, -0.2) is 26.3 Å². The number of carbonyl (C=O) groups is 1. The van der Waals surface area contributed by atoms with Gasteiger partial charge in [0.2, 0.25) is 0 Å². The van der Waals surface area contributed by atoms with Crippen molar-refractivity contribution in [3.8, 4) is 11.5 Å². The molecule has 0 unspecified atom stereocenters. The molecular formula is C13H14O5. The molecule has 1 aromatic heterocycles. The van der Waals surface area contributed by atoms with E-state index in [0.29, 0.717) is 18.1 Å². The van der Waals surface area contributed by atoms with Gasteiger partial charge >= 0.3 is 5.97 Å². The Bertz CT molecular complexity index is 543. The number of furan rings is 1. The Kier molecular flexibility index (Phi) is 3.72. The number of ether oxygens (including phenoxy) is 3. The van der Waals surface area contributed by atoms with Gasteiger partial charge in [0.05, 0.1) is 12.5 Å². The molecule has 0 fully saturated rings. The van der Waals surface area contributed by atoms with Crippen molar-refractivity contribution in [2.45, 2.75) is 6.92 Å². The van der Waals surface area contributed by atoms with Gasteiger partial charge in [-0.15, -0.1) is 0 Å². The Hall–Kier alpha value is -2.17. The van der Waals surface area contributed by atoms with Crippen LogP contribution in [0.15, 0.2) is 28.9 Å². The molecule has 0 atom stereocenters. The summed E-state index contributed by atoms with van der Waals surface area (Å²) in [5, 5.41) is 0.850. The molecule has 0 saturated heterocycles. The predicted octanol–water partition coefficient (Wildman–Crippen LogP) is 2.38. The molecule has 2 rings (SSSR count). The molecule has 1 aromatic carbocycles. The minimum atomic E-state index is -0.314. The second-order valence-electron chi connectivity index (χ2n) is 3.65. The second kappa shape index (κ2) is 5.44. The van der Waals surface area contributed by atoms with Crippen molar-refractivity contribution in [2.75, 3.05) is 20.3 Å². The highest BCUT2D eigenvalue weighted by Gasteiger charge is 2.07. The average molecular weight is 250 g/mol. The maximum absolute atomic E-state index is 10.6. The summed E-state index contributed by atoms with van der Waals surface area (Å²) in [5.41, 5.74) is 0.735. The summed E-state index contributed by atoms with van der Waals surface area (Å²) < 4.78 is 20.7. The third-order valence-corrected chi connectivity index (χ3v) is 2.39. The number of rotatable bonds is 5. The lowest BCUT2D eigenvalue weighted by Gasteiger charge is -2.06. The van der Waals surface area contributed by atoms with Gasteiger partial charge in [0.25, 0.3) is 0 Å². The summed E-state index contributed by atoms with van der Waals surface area (Å²) in [4.78, 5) is 10.6. The van der Waals surface area contributed by atoms with E-state index in [4.69, 9.17) is 18.6 Å². The molecule has 2 aromatic rings. The molecule has 0 N–H and O–H groups in total. The largest absolute Gasteiger partial charge is 0.493 e. The van der Waals surface area contributed by atoms with E-state index in [-0.39, 0.29) is 12.6 Å². The Morgan fingerprint density at radius 3 is 2.89 bits per heavy atom. The highest BCUT2D eigenvalue weighted by molar-refractivity contribution is 5.85. The summed E-state index contributed by atoms with van der Waals surface area (Å²) in [5.74, 6) is 1.02. The van der Waals surface area contributed by atoms with Crippen LogP contribution in [0.2, 0.25) is 0 Å². The van der Waals surface area contributed by atoms with E-state index in [1.807, 2.05) is 6.07 Å². The van der Waals surface area contributed by atoms with Crippen LogP contribution in [0.1, 0.15) is 6.92 Å². The summed E-state index contributed by atoms with van der Waals surface area (Å²) in [6.45, 7) is 1.91. The topological polar surface area (TPSA) is 57.9 Å². The van der Waals surface area contributed by atoms with Crippen LogP contribution >= 0.6 is 0 Å². The van der Waals surface area contributed by atoms with Gasteiger partial charge in [0.1, 0.15) is 30.8 Å². The highest BCUT2D eigenvalue weighted by Crippen LogP contribution is 2.30. The average Bonchev–Trinajstić information content (AvgIpc) is 2.76. The fourth-order valence-corrected chi connectivity index (χ4v) is 1.58. The van der Waals surface area contributed by atoms with Gasteiger partial charge in [-0.25, -0.2) is 0 Å². The van der Waals surface area contributed by atoms with Crippen molar-refractivity contribution in [1.29, 1.82) is 0 Å². The zero-order valence-electron chi connectivity index (χ0n) is 10.3. The highest BCUT2D eigenvalue weighted by atomic mass is 16.6. The lowest BCUT2D eigenvalue weighted by molar-refractivity contribution is -0.141. The smallest absolute Gasteiger partial charge is 0.302 e. The van der Waals surface area contributed by atoms with Gasteiger partial charge in [-0.3, -0.25) is 4.79 Å². The molecule has 5 heteroatoms. The van der Waals surface area contributed by atoms with Crippen molar-refractivity contribution < 1.29 is 23.4 Å². The molecule has 96 valence electrons. The molecule has 0 aliphatic carbocycles. The van der Waals surface area contributed by atoms with Crippen molar-refractivity contribution in [2.24, 2.45) is 0 Å². The standard InChI is InChI=1S/C13H14O5/c1-9(14)16-5-6-17-10-3-4-12-11(7-10)13(15-2)8-18-12/h3-4,7-8H,5-6H2,1-2H3. The molecule has 0 saturated carbocycles. The Morgan fingerprint density at radius 1 is 1.33 bits per heavy atom. The van der Waals surface area contributed by atoms with Crippen molar-refractivity contribution in [1.82, 2.24) is 0 Å². The van der Waals surface area contributed by atoms with E-state index < -0.39 is 0 Å². The number of carbonyl (C=O) groups excluding carboxylic acids is 1. The Morgan fingerprint density at radius 2 is 2.17 bits per heavy atom. The first kappa shape index (κ1) is 12.3. The molecule has 0 bridgehead atoms. The summed E-state index contributed by atoms with van der Waals surface area (Å²) in [6.07, 6.45) is 1.55. The first-order valence-corrected chi connectivity index (χ1v) is 5.52. The Labute approximate surface area is 104 Å². The number of esters is 1. The van der Waals surface area contributed by atoms with E-state index in [0.717, 1.165) is 11.0 Å². The van der Waals surface area contributed by atoms with Gasteiger partial charge < -0.3 is 18.6 Å². The van der Waals surface area contributed by atoms with Crippen LogP contribution < -0.4 is 9.47 Å². The lowest BCUT2D eigenvalue weighted by Crippen LogP contribution is -2.09. The van der Waals surface area contributed by atoms with Gasteiger partial charge in [0.15, 0.2) is 5.75 Å². The van der Waals surface area contributed by atoms with Crippen molar-refractivity contribution in [3.05, 3.63) is 24.5 Å². The SMILES string of the molecule is COc1coc2ccc(OCCOC(C)=O)cc12. The summed E-state index contributed by atoms with van der Waals surface area (Å²) in [6, 6.07) is 5.42. The van der Waals surface area contributed by atoms with Crippen LogP contribution in [-0.2, 0) is 9.53 Å². The molecule has 0 aliphatic rings. The van der Waals surface area contributed by atoms with Crippen LogP contribution in [0.5, 0.6) is 11.5 Å². The van der Waals surface area contributed by atoms with Gasteiger partial charge in [-0.2, -0.15) is 0 Å². The fourth-order valence-electron chi connectivity index (χ4n) is 1.58. The molecule has 0 amide bonds. The van der Waals surface area contributed by atoms with Crippen molar-refractivity contribution >= 4 is 16.9 Å². The number of hydrogen-bond donors (Lipinski definition) is 0. The first-order chi connectivity index (χ1) is 8.70. The maximum Gasteiger partial charge on any atom is 0.302 e. The minimum absolute atomic E-state index is 0.232. The minimum Gasteiger partial charge on any atom is -0.493 e. The predicted molar refractivity (Wildman–Crippen MR) is 64.9 cm³/mol. The second-order valence-corrected chi connectivity index (χ2v) is 3.65. The van der Waals surface area contributed by atoms with Crippen molar-refractivity contribution in [3.63, 3.8) is 0 Å². The third kappa shape index (κ3) is 2.74. The molecule has 0 aliphatic heterocycles. The Balaban J connectivity index is 2.02. The molecular weight excluding hydrogens is 236 g/mol. The van der Waals surface area contributed by atoms with Crippen LogP contribution in [0.4, 0.5) is 0 Å². The summed E-state index contributed by atoms with van der Waals surface area (Å²) in [7, 11) is 1.58. The number of fused-ring (bicyclic) bond motifs is 1. The third-order valence-electron chi connectivity index (χ3n) is 2.39.